The van der Waals surface area contributed by atoms with Crippen molar-refractivity contribution in [1.82, 2.24) is 30.0 Å². The molecular formula is C58H63N9O6S. The lowest BCUT2D eigenvalue weighted by atomic mass is 9.81. The van der Waals surface area contributed by atoms with Gasteiger partial charge in [-0.3, -0.25) is 34.6 Å². The largest absolute Gasteiger partial charge is 0.490 e. The summed E-state index contributed by atoms with van der Waals surface area (Å²) in [6.45, 7) is 10.5. The number of rotatable bonds is 14. The molecule has 0 bridgehead atoms. The Morgan fingerprint density at radius 1 is 0.865 bits per heavy atom. The first-order valence-corrected chi connectivity index (χ1v) is 27.0. The summed E-state index contributed by atoms with van der Waals surface area (Å²) in [6.07, 6.45) is 8.27. The smallest absolute Gasteiger partial charge is 0.355 e. The number of piperazine rings is 1. The van der Waals surface area contributed by atoms with Gasteiger partial charge in [0.2, 0.25) is 11.8 Å². The Hall–Kier alpha value is -7.17. The number of amides is 3. The predicted octanol–water partition coefficient (Wildman–Crippen LogP) is 9.76. The molecule has 7 aromatic rings. The van der Waals surface area contributed by atoms with Gasteiger partial charge in [0.1, 0.15) is 11.6 Å². The SMILES string of the molecule is Cc1c(O[C@H]2CC[C@H](C[C@@H](C)CCN3CCN(c4ccc5c(C6CCC(=O)NC6=O)nn(C)c5c4)CC3)CC2)cccc1-c1ccc(N2CCc3cccc(C(=O)Nc4nc5ccccc5s4)c3C2)nc1C(=O)O. The van der Waals surface area contributed by atoms with E-state index in [9.17, 15) is 24.3 Å². The second kappa shape index (κ2) is 21.0. The van der Waals surface area contributed by atoms with Crippen LogP contribution in [0.3, 0.4) is 0 Å². The molecular weight excluding hydrogens is 951 g/mol. The monoisotopic (exact) mass is 1010 g/mol. The van der Waals surface area contributed by atoms with Crippen molar-refractivity contribution in [2.45, 2.75) is 90.2 Å². The maximum absolute atomic E-state index is 13.7. The lowest BCUT2D eigenvalue weighted by Gasteiger charge is -2.37. The van der Waals surface area contributed by atoms with Crippen LogP contribution in [-0.4, -0.2) is 98.8 Å². The normalized spacial score (nSPS) is 19.9. The average molecular weight is 1010 g/mol. The van der Waals surface area contributed by atoms with Crippen LogP contribution in [0.15, 0.2) is 91.0 Å². The number of hydrogen-bond acceptors (Lipinski definition) is 12. The highest BCUT2D eigenvalue weighted by atomic mass is 32.1. The molecule has 6 heterocycles. The summed E-state index contributed by atoms with van der Waals surface area (Å²) in [5.74, 6) is 0.432. The minimum atomic E-state index is -1.10. The standard InChI is InChI=1S/C58H63N9O6S/c1-35(24-26-65-28-30-66(31-29-65)39-16-19-44-48(33-39)64(3)63-53(44)45-21-23-52(68)61-56(45)70)32-37-14-17-40(18-15-37)73-49-12-7-9-41(36(49)2)42-20-22-51(60-54(42)57(71)72)67-27-25-38-8-6-10-43(46(38)34-67)55(69)62-58-59-47-11-4-5-13-50(47)74-58/h4-13,16,19-20,22,33,35,37,40,45H,14-15,17-18,21,23-32,34H2,1-3H3,(H,71,72)(H,59,62,69)(H,61,68,70)/t35-,37-,40-,45?/m0/s1. The molecule has 4 aromatic carbocycles. The molecule has 1 aliphatic carbocycles. The van der Waals surface area contributed by atoms with E-state index in [1.165, 1.54) is 29.9 Å². The lowest BCUT2D eigenvalue weighted by molar-refractivity contribution is -0.134. The number of anilines is 3. The minimum absolute atomic E-state index is 0.0177. The number of carboxylic acid groups (broad SMARTS) is 1. The number of carbonyl (C=O) groups is 4. The van der Waals surface area contributed by atoms with Crippen LogP contribution < -0.4 is 25.2 Å². The molecule has 2 saturated heterocycles. The summed E-state index contributed by atoms with van der Waals surface area (Å²) in [4.78, 5) is 67.4. The number of carboxylic acids is 1. The minimum Gasteiger partial charge on any atom is -0.490 e. The Balaban J connectivity index is 0.657. The van der Waals surface area contributed by atoms with Gasteiger partial charge in [-0.25, -0.2) is 14.8 Å². The number of ether oxygens (including phenoxy) is 1. The highest BCUT2D eigenvalue weighted by Gasteiger charge is 2.33. The number of nitrogens with one attached hydrogen (secondary N) is 2. The van der Waals surface area contributed by atoms with Crippen molar-refractivity contribution in [3.8, 4) is 16.9 Å². The number of thiazole rings is 1. The first kappa shape index (κ1) is 49.1. The molecule has 3 aliphatic heterocycles. The van der Waals surface area contributed by atoms with E-state index in [1.807, 2.05) is 85.4 Å². The zero-order valence-corrected chi connectivity index (χ0v) is 43.1. The third kappa shape index (κ3) is 10.2. The topological polar surface area (TPSA) is 175 Å². The number of aromatic nitrogens is 4. The molecule has 0 spiro atoms. The van der Waals surface area contributed by atoms with Gasteiger partial charge < -0.3 is 19.6 Å². The summed E-state index contributed by atoms with van der Waals surface area (Å²) in [7, 11) is 1.92. The number of hydrogen-bond donors (Lipinski definition) is 3. The molecule has 1 unspecified atom stereocenters. The van der Waals surface area contributed by atoms with E-state index in [-0.39, 0.29) is 29.5 Å². The third-order valence-electron chi connectivity index (χ3n) is 15.9. The van der Waals surface area contributed by atoms with Gasteiger partial charge >= 0.3 is 5.97 Å². The Morgan fingerprint density at radius 2 is 1.68 bits per heavy atom. The zero-order chi connectivity index (χ0) is 51.0. The number of carbonyl (C=O) groups excluding carboxylic acids is 3. The summed E-state index contributed by atoms with van der Waals surface area (Å²) in [5.41, 5.74) is 8.52. The van der Waals surface area contributed by atoms with E-state index >= 15 is 0 Å². The zero-order valence-electron chi connectivity index (χ0n) is 42.3. The molecule has 16 heteroatoms. The number of aryl methyl sites for hydroxylation is 1. The summed E-state index contributed by atoms with van der Waals surface area (Å²) >= 11 is 1.44. The van der Waals surface area contributed by atoms with Gasteiger partial charge in [-0.05, 0) is 154 Å². The highest BCUT2D eigenvalue weighted by molar-refractivity contribution is 7.22. The number of imide groups is 1. The van der Waals surface area contributed by atoms with Crippen LogP contribution >= 0.6 is 11.3 Å². The van der Waals surface area contributed by atoms with E-state index in [4.69, 9.17) is 14.8 Å². The predicted molar refractivity (Wildman–Crippen MR) is 289 cm³/mol. The molecule has 74 heavy (non-hydrogen) atoms. The number of aromatic carboxylic acids is 1. The van der Waals surface area contributed by atoms with Crippen LogP contribution in [0, 0.1) is 18.8 Å². The number of nitrogens with zero attached hydrogens (tertiary/aromatic N) is 7. The van der Waals surface area contributed by atoms with Gasteiger partial charge in [-0.2, -0.15) is 5.10 Å². The molecule has 3 aromatic heterocycles. The van der Waals surface area contributed by atoms with Gasteiger partial charge in [0.05, 0.1) is 33.4 Å². The molecule has 3 amide bonds. The summed E-state index contributed by atoms with van der Waals surface area (Å²) in [6, 6.07) is 29.6. The van der Waals surface area contributed by atoms with Gasteiger partial charge in [0.25, 0.3) is 5.91 Å². The molecule has 1 saturated carbocycles. The Bertz CT molecular complexity index is 3250. The maximum Gasteiger partial charge on any atom is 0.355 e. The highest BCUT2D eigenvalue weighted by Crippen LogP contribution is 2.38. The van der Waals surface area contributed by atoms with E-state index in [0.717, 1.165) is 113 Å². The average Bonchev–Trinajstić information content (AvgIpc) is 3.98. The van der Waals surface area contributed by atoms with E-state index in [1.54, 1.807) is 0 Å². The number of benzene rings is 4. The fourth-order valence-corrected chi connectivity index (χ4v) is 12.6. The first-order chi connectivity index (χ1) is 35.9. The molecule has 3 N–H and O–H groups in total. The van der Waals surface area contributed by atoms with Gasteiger partial charge in [0.15, 0.2) is 10.8 Å². The number of fused-ring (bicyclic) bond motifs is 3. The van der Waals surface area contributed by atoms with Crippen molar-refractivity contribution < 1.29 is 29.0 Å². The van der Waals surface area contributed by atoms with Crippen LogP contribution in [0.4, 0.5) is 16.6 Å². The van der Waals surface area contributed by atoms with Crippen LogP contribution in [-0.2, 0) is 29.6 Å². The van der Waals surface area contributed by atoms with Crippen LogP contribution in [0.25, 0.3) is 32.2 Å². The molecule has 3 fully saturated rings. The van der Waals surface area contributed by atoms with Crippen LogP contribution in [0.2, 0.25) is 0 Å². The fourth-order valence-electron chi connectivity index (χ4n) is 11.8. The number of pyridine rings is 1. The number of para-hydroxylation sites is 1. The second-order valence-electron chi connectivity index (χ2n) is 20.8. The Kier molecular flexibility index (Phi) is 13.9. The van der Waals surface area contributed by atoms with Gasteiger partial charge in [-0.15, -0.1) is 0 Å². The molecule has 4 aliphatic rings. The molecule has 2 atom stereocenters. The third-order valence-corrected chi connectivity index (χ3v) is 16.9. The second-order valence-corrected chi connectivity index (χ2v) is 21.8. The Labute approximate surface area is 434 Å². The first-order valence-electron chi connectivity index (χ1n) is 26.2. The van der Waals surface area contributed by atoms with Gasteiger partial charge in [0, 0.05) is 74.9 Å². The quantitative estimate of drug-likeness (QED) is 0.0882. The maximum atomic E-state index is 13.7. The fraction of sp³-hybridized carbons (Fsp3) is 0.397. The van der Waals surface area contributed by atoms with Crippen molar-refractivity contribution >= 4 is 72.8 Å². The Morgan fingerprint density at radius 3 is 2.47 bits per heavy atom. The van der Waals surface area contributed by atoms with Gasteiger partial charge in [-0.1, -0.05) is 54.7 Å². The van der Waals surface area contributed by atoms with Crippen molar-refractivity contribution in [1.29, 1.82) is 0 Å². The number of piperidine rings is 1. The molecule has 11 rings (SSSR count). The van der Waals surface area contributed by atoms with Crippen LogP contribution in [0.5, 0.6) is 5.75 Å². The van der Waals surface area contributed by atoms with Crippen molar-refractivity contribution in [2.24, 2.45) is 18.9 Å². The lowest BCUT2D eigenvalue weighted by Crippen LogP contribution is -2.46. The van der Waals surface area contributed by atoms with E-state index < -0.39 is 11.9 Å². The van der Waals surface area contributed by atoms with E-state index in [0.29, 0.717) is 66.3 Å². The van der Waals surface area contributed by atoms with Crippen molar-refractivity contribution in [2.75, 3.05) is 54.4 Å². The molecule has 382 valence electrons. The van der Waals surface area contributed by atoms with Crippen molar-refractivity contribution in [3.63, 3.8) is 0 Å². The summed E-state index contributed by atoms with van der Waals surface area (Å²) in [5, 5.41) is 22.3. The van der Waals surface area contributed by atoms with E-state index in [2.05, 4.69) is 61.5 Å². The molecule has 0 radical (unpaired) electrons. The molecule has 15 nitrogen and oxygen atoms in total. The summed E-state index contributed by atoms with van der Waals surface area (Å²) < 4.78 is 9.57. The van der Waals surface area contributed by atoms with Crippen molar-refractivity contribution in [3.05, 3.63) is 125 Å². The van der Waals surface area contributed by atoms with Crippen LogP contribution in [0.1, 0.15) is 107 Å².